The van der Waals surface area contributed by atoms with Crippen molar-refractivity contribution in [2.24, 2.45) is 5.92 Å². The number of esters is 1. The van der Waals surface area contributed by atoms with Gasteiger partial charge in [0.25, 0.3) is 5.56 Å². The molecule has 7 heteroatoms. The minimum atomic E-state index is -0.453. The molecule has 164 valence electrons. The quantitative estimate of drug-likeness (QED) is 0.206. The number of carbonyl (C=O) groups is 1. The number of ether oxygens (including phenoxy) is 1. The third kappa shape index (κ3) is 4.58. The van der Waals surface area contributed by atoms with E-state index in [-0.39, 0.29) is 11.5 Å². The molecule has 4 rings (SSSR count). The third-order valence-corrected chi connectivity index (χ3v) is 7.85. The number of para-hydroxylation sites is 1. The predicted octanol–water partition coefficient (Wildman–Crippen LogP) is 5.40. The second-order valence-corrected chi connectivity index (χ2v) is 10.6. The van der Waals surface area contributed by atoms with E-state index in [0.717, 1.165) is 48.0 Å². The van der Waals surface area contributed by atoms with Gasteiger partial charge in [0.05, 0.1) is 17.7 Å². The van der Waals surface area contributed by atoms with Gasteiger partial charge >= 0.3 is 5.97 Å². The fourth-order valence-corrected chi connectivity index (χ4v) is 6.24. The molecule has 5 nitrogen and oxygen atoms in total. The van der Waals surface area contributed by atoms with Crippen LogP contribution in [0.5, 0.6) is 0 Å². The molecule has 0 spiro atoms. The van der Waals surface area contributed by atoms with E-state index >= 15 is 0 Å². The average Bonchev–Trinajstić information content (AvgIpc) is 3.12. The van der Waals surface area contributed by atoms with Crippen molar-refractivity contribution in [1.82, 2.24) is 9.55 Å². The highest BCUT2D eigenvalue weighted by atomic mass is 32.2. The van der Waals surface area contributed by atoms with Gasteiger partial charge in [-0.15, -0.1) is 11.3 Å². The van der Waals surface area contributed by atoms with Gasteiger partial charge in [-0.05, 0) is 56.2 Å². The minimum absolute atomic E-state index is 0.0442. The molecule has 3 aromatic rings. The van der Waals surface area contributed by atoms with Gasteiger partial charge in [-0.3, -0.25) is 14.2 Å². The first-order valence-corrected chi connectivity index (χ1v) is 12.6. The zero-order chi connectivity index (χ0) is 22.0. The number of hydrogen-bond acceptors (Lipinski definition) is 6. The number of nitrogens with zero attached hydrogens (tertiary/aromatic N) is 2. The van der Waals surface area contributed by atoms with Crippen molar-refractivity contribution < 1.29 is 9.53 Å². The van der Waals surface area contributed by atoms with Crippen LogP contribution in [0.2, 0.25) is 0 Å². The van der Waals surface area contributed by atoms with Crippen LogP contribution in [0.1, 0.15) is 50.5 Å². The second kappa shape index (κ2) is 9.57. The van der Waals surface area contributed by atoms with E-state index in [1.807, 2.05) is 37.3 Å². The van der Waals surface area contributed by atoms with Gasteiger partial charge < -0.3 is 4.74 Å². The maximum Gasteiger partial charge on any atom is 0.319 e. The molecule has 0 N–H and O–H groups in total. The monoisotopic (exact) mass is 456 g/mol. The highest BCUT2D eigenvalue weighted by Crippen LogP contribution is 2.37. The summed E-state index contributed by atoms with van der Waals surface area (Å²) in [5.41, 5.74) is 1.89. The van der Waals surface area contributed by atoms with Gasteiger partial charge in [-0.1, -0.05) is 50.2 Å². The number of aryl methyl sites for hydroxylation is 1. The lowest BCUT2D eigenvalue weighted by atomic mass is 9.89. The summed E-state index contributed by atoms with van der Waals surface area (Å²) in [5.74, 6) is 0.357. The molecule has 1 aliphatic carbocycles. The van der Waals surface area contributed by atoms with Crippen molar-refractivity contribution in [3.63, 3.8) is 0 Å². The second-order valence-electron chi connectivity index (χ2n) is 8.18. The Labute approximate surface area is 190 Å². The molecule has 0 radical (unpaired) electrons. The van der Waals surface area contributed by atoms with Crippen molar-refractivity contribution in [3.8, 4) is 5.69 Å². The normalized spacial score (nSPS) is 16.8. The lowest BCUT2D eigenvalue weighted by Gasteiger charge is -2.18. The fourth-order valence-electron chi connectivity index (χ4n) is 3.90. The van der Waals surface area contributed by atoms with E-state index in [2.05, 4.69) is 13.8 Å². The van der Waals surface area contributed by atoms with E-state index in [1.54, 1.807) is 15.9 Å². The molecule has 0 amide bonds. The Kier molecular flexibility index (Phi) is 6.82. The van der Waals surface area contributed by atoms with Crippen LogP contribution in [0.4, 0.5) is 0 Å². The third-order valence-electron chi connectivity index (χ3n) is 5.67. The van der Waals surface area contributed by atoms with Gasteiger partial charge in [0.15, 0.2) is 5.16 Å². The van der Waals surface area contributed by atoms with Gasteiger partial charge in [0.2, 0.25) is 0 Å². The summed E-state index contributed by atoms with van der Waals surface area (Å²) in [6.45, 7) is 6.56. The van der Waals surface area contributed by atoms with Crippen molar-refractivity contribution in [3.05, 3.63) is 51.1 Å². The Hall–Kier alpha value is -2.12. The molecule has 0 saturated carbocycles. The van der Waals surface area contributed by atoms with Crippen molar-refractivity contribution >= 4 is 39.3 Å². The van der Waals surface area contributed by atoms with E-state index in [9.17, 15) is 9.59 Å². The van der Waals surface area contributed by atoms with Crippen LogP contribution in [0.3, 0.4) is 0 Å². The lowest BCUT2D eigenvalue weighted by Crippen LogP contribution is -2.25. The van der Waals surface area contributed by atoms with E-state index in [1.165, 1.54) is 22.2 Å². The van der Waals surface area contributed by atoms with E-state index in [4.69, 9.17) is 9.72 Å². The van der Waals surface area contributed by atoms with Crippen LogP contribution in [-0.2, 0) is 22.4 Å². The maximum atomic E-state index is 13.7. The number of hydrogen-bond donors (Lipinski definition) is 0. The standard InChI is InChI=1S/C24H28N2O3S2/c1-4-5-13-29-23(28)16(3)30-24-25-21-20(18-12-11-15(2)14-19(18)31-21)22(27)26(24)17-9-7-6-8-10-17/h6-10,15-16H,4-5,11-14H2,1-3H3. The molecule has 0 fully saturated rings. The molecule has 1 aliphatic rings. The summed E-state index contributed by atoms with van der Waals surface area (Å²) in [5, 5.41) is 0.833. The molecular weight excluding hydrogens is 428 g/mol. The first-order chi connectivity index (χ1) is 15.0. The first kappa shape index (κ1) is 22.1. The average molecular weight is 457 g/mol. The zero-order valence-corrected chi connectivity index (χ0v) is 19.9. The Morgan fingerprint density at radius 1 is 1.35 bits per heavy atom. The molecule has 31 heavy (non-hydrogen) atoms. The van der Waals surface area contributed by atoms with Crippen LogP contribution in [0.15, 0.2) is 40.3 Å². The van der Waals surface area contributed by atoms with Gasteiger partial charge in [0, 0.05) is 4.88 Å². The first-order valence-electron chi connectivity index (χ1n) is 11.0. The van der Waals surface area contributed by atoms with E-state index in [0.29, 0.717) is 17.7 Å². The van der Waals surface area contributed by atoms with Gasteiger partial charge in [-0.2, -0.15) is 0 Å². The van der Waals surface area contributed by atoms with E-state index < -0.39 is 5.25 Å². The number of unbranched alkanes of at least 4 members (excludes halogenated alkanes) is 1. The lowest BCUT2D eigenvalue weighted by molar-refractivity contribution is -0.142. The summed E-state index contributed by atoms with van der Waals surface area (Å²) in [4.78, 5) is 33.1. The predicted molar refractivity (Wildman–Crippen MR) is 128 cm³/mol. The number of rotatable bonds is 7. The largest absolute Gasteiger partial charge is 0.465 e. The molecule has 2 unspecified atom stereocenters. The van der Waals surface area contributed by atoms with Crippen LogP contribution in [0.25, 0.3) is 15.9 Å². The number of fused-ring (bicyclic) bond motifs is 3. The highest BCUT2D eigenvalue weighted by Gasteiger charge is 2.27. The molecule has 2 heterocycles. The topological polar surface area (TPSA) is 61.2 Å². The van der Waals surface area contributed by atoms with Crippen molar-refractivity contribution in [2.45, 2.75) is 63.3 Å². The number of benzene rings is 1. The van der Waals surface area contributed by atoms with Crippen LogP contribution in [0, 0.1) is 5.92 Å². The summed E-state index contributed by atoms with van der Waals surface area (Å²) in [7, 11) is 0. The van der Waals surface area contributed by atoms with Crippen molar-refractivity contribution in [1.29, 1.82) is 0 Å². The summed E-state index contributed by atoms with van der Waals surface area (Å²) in [6, 6.07) is 9.56. The number of aromatic nitrogens is 2. The van der Waals surface area contributed by atoms with Crippen LogP contribution < -0.4 is 5.56 Å². The van der Waals surface area contributed by atoms with Gasteiger partial charge in [-0.25, -0.2) is 4.98 Å². The maximum absolute atomic E-state index is 13.7. The number of thiophene rings is 1. The SMILES string of the molecule is CCCCOC(=O)C(C)Sc1nc2sc3c(c2c(=O)n1-c1ccccc1)CCC(C)C3. The zero-order valence-electron chi connectivity index (χ0n) is 18.2. The molecular formula is C24H28N2O3S2. The smallest absolute Gasteiger partial charge is 0.319 e. The molecule has 0 saturated heterocycles. The molecule has 1 aromatic carbocycles. The van der Waals surface area contributed by atoms with Crippen molar-refractivity contribution in [2.75, 3.05) is 6.61 Å². The summed E-state index contributed by atoms with van der Waals surface area (Å²) < 4.78 is 7.05. The Balaban J connectivity index is 1.78. The molecule has 2 aromatic heterocycles. The minimum Gasteiger partial charge on any atom is -0.465 e. The van der Waals surface area contributed by atoms with Gasteiger partial charge in [0.1, 0.15) is 10.1 Å². The Morgan fingerprint density at radius 3 is 2.87 bits per heavy atom. The summed E-state index contributed by atoms with van der Waals surface area (Å²) >= 11 is 2.92. The molecule has 0 bridgehead atoms. The summed E-state index contributed by atoms with van der Waals surface area (Å²) in [6.07, 6.45) is 4.85. The van der Waals surface area contributed by atoms with Crippen LogP contribution in [-0.4, -0.2) is 27.4 Å². The molecule has 2 atom stereocenters. The Morgan fingerprint density at radius 2 is 2.13 bits per heavy atom. The number of thioether (sulfide) groups is 1. The molecule has 0 aliphatic heterocycles. The Bertz CT molecular complexity index is 1140. The fraction of sp³-hybridized carbons (Fsp3) is 0.458. The highest BCUT2D eigenvalue weighted by molar-refractivity contribution is 8.00. The van der Waals surface area contributed by atoms with Crippen LogP contribution >= 0.6 is 23.1 Å². The number of carbonyl (C=O) groups excluding carboxylic acids is 1.